The van der Waals surface area contributed by atoms with E-state index in [0.29, 0.717) is 5.02 Å². The van der Waals surface area contributed by atoms with Crippen LogP contribution in [0.4, 0.5) is 0 Å². The molecule has 0 aliphatic rings. The van der Waals surface area contributed by atoms with E-state index in [0.717, 1.165) is 19.8 Å². The van der Waals surface area contributed by atoms with Crippen LogP contribution in [0, 0.1) is 0 Å². The van der Waals surface area contributed by atoms with Crippen molar-refractivity contribution >= 4 is 54.4 Å². The van der Waals surface area contributed by atoms with Gasteiger partial charge in [-0.3, -0.25) is 4.98 Å². The Kier molecular flexibility index (Phi) is 2.58. The van der Waals surface area contributed by atoms with Gasteiger partial charge in [-0.1, -0.05) is 11.6 Å². The number of nitrogens with zero attached hydrogens (tertiary/aromatic N) is 1. The lowest BCUT2D eigenvalue weighted by molar-refractivity contribution is 1.38. The SMILES string of the molecule is Clc1ccc2ncc(Br)c(Br)c2c1. The van der Waals surface area contributed by atoms with Gasteiger partial charge in [-0.25, -0.2) is 0 Å². The summed E-state index contributed by atoms with van der Waals surface area (Å²) in [7, 11) is 0. The molecule has 0 aliphatic carbocycles. The minimum atomic E-state index is 0.716. The fourth-order valence-corrected chi connectivity index (χ4v) is 2.02. The first kappa shape index (κ1) is 9.44. The first-order valence-corrected chi connectivity index (χ1v) is 5.54. The number of hydrogen-bond acceptors (Lipinski definition) is 1. The highest BCUT2D eigenvalue weighted by atomic mass is 79.9. The summed E-state index contributed by atoms with van der Waals surface area (Å²) in [4.78, 5) is 4.25. The van der Waals surface area contributed by atoms with Gasteiger partial charge in [0.15, 0.2) is 0 Å². The van der Waals surface area contributed by atoms with Crippen LogP contribution in [0.15, 0.2) is 33.3 Å². The van der Waals surface area contributed by atoms with E-state index >= 15 is 0 Å². The normalized spacial score (nSPS) is 10.7. The monoisotopic (exact) mass is 319 g/mol. The smallest absolute Gasteiger partial charge is 0.0715 e. The van der Waals surface area contributed by atoms with E-state index in [1.165, 1.54) is 0 Å². The minimum Gasteiger partial charge on any atom is -0.255 e. The lowest BCUT2D eigenvalue weighted by Gasteiger charge is -2.01. The second-order valence-corrected chi connectivity index (χ2v) is 4.67. The summed E-state index contributed by atoms with van der Waals surface area (Å²) in [6.07, 6.45) is 1.76. The number of hydrogen-bond donors (Lipinski definition) is 0. The Hall–Kier alpha value is -0.120. The fourth-order valence-electron chi connectivity index (χ4n) is 1.11. The maximum absolute atomic E-state index is 5.88. The van der Waals surface area contributed by atoms with Gasteiger partial charge < -0.3 is 0 Å². The van der Waals surface area contributed by atoms with Crippen molar-refractivity contribution in [3.05, 3.63) is 38.4 Å². The van der Waals surface area contributed by atoms with Crippen LogP contribution < -0.4 is 0 Å². The summed E-state index contributed by atoms with van der Waals surface area (Å²) in [6, 6.07) is 5.62. The van der Waals surface area contributed by atoms with Crippen molar-refractivity contribution in [2.24, 2.45) is 0 Å². The molecule has 0 N–H and O–H groups in total. The van der Waals surface area contributed by atoms with Gasteiger partial charge in [0.25, 0.3) is 0 Å². The Bertz CT molecular complexity index is 465. The van der Waals surface area contributed by atoms with Crippen LogP contribution in [0.1, 0.15) is 0 Å². The number of aromatic nitrogens is 1. The molecule has 1 nitrogen and oxygen atoms in total. The quantitative estimate of drug-likeness (QED) is 0.700. The Morgan fingerprint density at radius 2 is 2.00 bits per heavy atom. The van der Waals surface area contributed by atoms with Gasteiger partial charge in [-0.05, 0) is 50.1 Å². The number of rotatable bonds is 0. The Labute approximate surface area is 97.4 Å². The van der Waals surface area contributed by atoms with Crippen molar-refractivity contribution < 1.29 is 0 Å². The van der Waals surface area contributed by atoms with E-state index < -0.39 is 0 Å². The molecule has 4 heteroatoms. The molecule has 0 radical (unpaired) electrons. The minimum absolute atomic E-state index is 0.716. The predicted octanol–water partition coefficient (Wildman–Crippen LogP) is 4.41. The Balaban J connectivity index is 2.89. The summed E-state index contributed by atoms with van der Waals surface area (Å²) >= 11 is 12.7. The lowest BCUT2D eigenvalue weighted by atomic mass is 10.2. The molecular weight excluding hydrogens is 317 g/mol. The van der Waals surface area contributed by atoms with Crippen LogP contribution >= 0.6 is 43.5 Å². The molecule has 1 aromatic heterocycles. The Morgan fingerprint density at radius 3 is 2.77 bits per heavy atom. The van der Waals surface area contributed by atoms with Crippen LogP contribution in [0.3, 0.4) is 0 Å². The topological polar surface area (TPSA) is 12.9 Å². The van der Waals surface area contributed by atoms with E-state index in [9.17, 15) is 0 Å². The number of halogens is 3. The first-order chi connectivity index (χ1) is 6.18. The van der Waals surface area contributed by atoms with Crippen molar-refractivity contribution in [1.29, 1.82) is 0 Å². The zero-order chi connectivity index (χ0) is 9.42. The molecule has 0 spiro atoms. The van der Waals surface area contributed by atoms with Gasteiger partial charge in [0, 0.05) is 21.1 Å². The molecule has 0 bridgehead atoms. The second kappa shape index (κ2) is 3.56. The van der Waals surface area contributed by atoms with Crippen LogP contribution in [0.2, 0.25) is 5.02 Å². The van der Waals surface area contributed by atoms with Crippen LogP contribution in [-0.2, 0) is 0 Å². The largest absolute Gasteiger partial charge is 0.255 e. The van der Waals surface area contributed by atoms with Gasteiger partial charge in [0.05, 0.1) is 9.99 Å². The molecule has 0 amide bonds. The van der Waals surface area contributed by atoms with Crippen LogP contribution in [-0.4, -0.2) is 4.98 Å². The molecule has 0 atom stereocenters. The average Bonchev–Trinajstić information content (AvgIpc) is 2.12. The third-order valence-electron chi connectivity index (χ3n) is 1.72. The average molecular weight is 321 g/mol. The van der Waals surface area contributed by atoms with Gasteiger partial charge in [-0.15, -0.1) is 0 Å². The maximum atomic E-state index is 5.88. The summed E-state index contributed by atoms with van der Waals surface area (Å²) < 4.78 is 1.92. The standard InChI is InChI=1S/C9H4Br2ClN/c10-7-4-13-8-2-1-5(12)3-6(8)9(7)11/h1-4H. The second-order valence-electron chi connectivity index (χ2n) is 2.58. The molecule has 2 rings (SSSR count). The highest BCUT2D eigenvalue weighted by molar-refractivity contribution is 9.13. The third kappa shape index (κ3) is 1.73. The molecule has 0 aliphatic heterocycles. The van der Waals surface area contributed by atoms with Gasteiger partial charge in [-0.2, -0.15) is 0 Å². The van der Waals surface area contributed by atoms with Gasteiger partial charge >= 0.3 is 0 Å². The number of benzene rings is 1. The fraction of sp³-hybridized carbons (Fsp3) is 0. The molecule has 0 saturated carbocycles. The highest BCUT2D eigenvalue weighted by Gasteiger charge is 2.03. The molecule has 2 aromatic rings. The van der Waals surface area contributed by atoms with E-state index in [2.05, 4.69) is 36.8 Å². The predicted molar refractivity (Wildman–Crippen MR) is 62.2 cm³/mol. The number of pyridine rings is 1. The summed E-state index contributed by atoms with van der Waals surface area (Å²) in [5.74, 6) is 0. The molecule has 13 heavy (non-hydrogen) atoms. The summed E-state index contributed by atoms with van der Waals surface area (Å²) in [6.45, 7) is 0. The van der Waals surface area contributed by atoms with Crippen molar-refractivity contribution in [1.82, 2.24) is 4.98 Å². The van der Waals surface area contributed by atoms with Gasteiger partial charge in [0.1, 0.15) is 0 Å². The lowest BCUT2D eigenvalue weighted by Crippen LogP contribution is -1.81. The third-order valence-corrected chi connectivity index (χ3v) is 3.94. The zero-order valence-electron chi connectivity index (χ0n) is 6.39. The van der Waals surface area contributed by atoms with Crippen molar-refractivity contribution in [3.8, 4) is 0 Å². The van der Waals surface area contributed by atoms with Crippen LogP contribution in [0.25, 0.3) is 10.9 Å². The molecule has 0 fully saturated rings. The van der Waals surface area contributed by atoms with Crippen molar-refractivity contribution in [2.75, 3.05) is 0 Å². The molecule has 1 heterocycles. The van der Waals surface area contributed by atoms with Crippen molar-refractivity contribution in [2.45, 2.75) is 0 Å². The summed E-state index contributed by atoms with van der Waals surface area (Å²) in [5.41, 5.74) is 0.930. The van der Waals surface area contributed by atoms with E-state index in [4.69, 9.17) is 11.6 Å². The van der Waals surface area contributed by atoms with E-state index in [1.54, 1.807) is 6.20 Å². The first-order valence-electron chi connectivity index (χ1n) is 3.58. The van der Waals surface area contributed by atoms with E-state index in [1.807, 2.05) is 18.2 Å². The maximum Gasteiger partial charge on any atom is 0.0715 e. The zero-order valence-corrected chi connectivity index (χ0v) is 10.3. The summed E-state index contributed by atoms with van der Waals surface area (Å²) in [5, 5.41) is 1.73. The van der Waals surface area contributed by atoms with Gasteiger partial charge in [0.2, 0.25) is 0 Å². The van der Waals surface area contributed by atoms with Crippen LogP contribution in [0.5, 0.6) is 0 Å². The molecule has 0 saturated heterocycles. The van der Waals surface area contributed by atoms with E-state index in [-0.39, 0.29) is 0 Å². The Morgan fingerprint density at radius 1 is 1.23 bits per heavy atom. The molecule has 1 aromatic carbocycles. The molecule has 0 unspecified atom stereocenters. The molecular formula is C9H4Br2ClN. The molecule has 66 valence electrons. The number of fused-ring (bicyclic) bond motifs is 1. The van der Waals surface area contributed by atoms with Crippen molar-refractivity contribution in [3.63, 3.8) is 0 Å². The highest BCUT2D eigenvalue weighted by Crippen LogP contribution is 2.31.